The summed E-state index contributed by atoms with van der Waals surface area (Å²) in [4.78, 5) is 15.0. The molecule has 3 aromatic rings. The predicted molar refractivity (Wildman–Crippen MR) is 122 cm³/mol. The van der Waals surface area contributed by atoms with Crippen LogP contribution >= 0.6 is 0 Å². The molecule has 2 aromatic carbocycles. The number of aliphatic hydroxyl groups is 1. The molecule has 0 spiro atoms. The number of fused-ring (bicyclic) bond motifs is 2. The predicted octanol–water partition coefficient (Wildman–Crippen LogP) is 4.84. The molecule has 1 aliphatic rings. The quantitative estimate of drug-likeness (QED) is 0.492. The Kier molecular flexibility index (Phi) is 5.68. The van der Waals surface area contributed by atoms with Gasteiger partial charge in [0.05, 0.1) is 13.2 Å². The molecule has 0 aliphatic carbocycles. The standard InChI is InChI=1S/C25H27F3N2O3/c1-15-10-16-7-9-33-22(16)19(11-15)23(2,3)13-24(32,25(26,27)28)14-30-17-4-5-20-18(12-17)21(31)6-8-29-20/h4-6,8,10-12,30,32H,7,9,13-14H2,1-3H3,(H,29,31). The molecule has 1 unspecified atom stereocenters. The minimum Gasteiger partial charge on any atom is -0.493 e. The van der Waals surface area contributed by atoms with Crippen molar-refractivity contribution in [2.45, 2.75) is 50.8 Å². The highest BCUT2D eigenvalue weighted by Crippen LogP contribution is 2.46. The van der Waals surface area contributed by atoms with Gasteiger partial charge in [0, 0.05) is 40.8 Å². The summed E-state index contributed by atoms with van der Waals surface area (Å²) in [6, 6.07) is 9.84. The first-order valence-electron chi connectivity index (χ1n) is 10.8. The van der Waals surface area contributed by atoms with Gasteiger partial charge in [-0.3, -0.25) is 4.79 Å². The van der Waals surface area contributed by atoms with Gasteiger partial charge in [-0.15, -0.1) is 0 Å². The Balaban J connectivity index is 1.63. The summed E-state index contributed by atoms with van der Waals surface area (Å²) >= 11 is 0. The van der Waals surface area contributed by atoms with Crippen LogP contribution in [0.3, 0.4) is 0 Å². The SMILES string of the molecule is Cc1cc2c(c(C(C)(C)CC(O)(CNc3ccc4[nH]ccc(=O)c4c3)C(F)(F)F)c1)OCC2. The highest BCUT2D eigenvalue weighted by molar-refractivity contribution is 5.82. The molecule has 8 heteroatoms. The lowest BCUT2D eigenvalue weighted by molar-refractivity contribution is -0.260. The van der Waals surface area contributed by atoms with Crippen LogP contribution in [0.2, 0.25) is 0 Å². The monoisotopic (exact) mass is 460 g/mol. The lowest BCUT2D eigenvalue weighted by Crippen LogP contribution is -2.53. The van der Waals surface area contributed by atoms with E-state index in [-0.39, 0.29) is 5.43 Å². The minimum absolute atomic E-state index is 0.243. The van der Waals surface area contributed by atoms with Crippen LogP contribution in [0, 0.1) is 6.92 Å². The van der Waals surface area contributed by atoms with E-state index in [1.807, 2.05) is 19.1 Å². The average Bonchev–Trinajstić information content (AvgIpc) is 3.19. The Morgan fingerprint density at radius 2 is 1.91 bits per heavy atom. The molecule has 0 bridgehead atoms. The van der Waals surface area contributed by atoms with Crippen molar-refractivity contribution in [1.82, 2.24) is 4.98 Å². The molecule has 33 heavy (non-hydrogen) atoms. The number of alkyl halides is 3. The van der Waals surface area contributed by atoms with Gasteiger partial charge in [0.1, 0.15) is 5.75 Å². The number of aromatic amines is 1. The topological polar surface area (TPSA) is 74.4 Å². The van der Waals surface area contributed by atoms with Gasteiger partial charge < -0.3 is 20.1 Å². The molecule has 4 rings (SSSR count). The molecule has 1 aromatic heterocycles. The highest BCUT2D eigenvalue weighted by Gasteiger charge is 2.56. The zero-order valence-electron chi connectivity index (χ0n) is 18.8. The van der Waals surface area contributed by atoms with E-state index in [1.54, 1.807) is 26.0 Å². The number of benzene rings is 2. The summed E-state index contributed by atoms with van der Waals surface area (Å²) in [6.07, 6.45) is -3.22. The van der Waals surface area contributed by atoms with Crippen LogP contribution in [0.5, 0.6) is 5.75 Å². The van der Waals surface area contributed by atoms with Gasteiger partial charge in [-0.05, 0) is 42.5 Å². The molecular weight excluding hydrogens is 433 g/mol. The number of halogens is 3. The molecule has 1 atom stereocenters. The van der Waals surface area contributed by atoms with E-state index in [1.165, 1.54) is 18.3 Å². The van der Waals surface area contributed by atoms with Crippen molar-refractivity contribution in [2.24, 2.45) is 0 Å². The summed E-state index contributed by atoms with van der Waals surface area (Å²) in [6.45, 7) is 5.02. The maximum Gasteiger partial charge on any atom is 0.418 e. The molecule has 0 radical (unpaired) electrons. The van der Waals surface area contributed by atoms with E-state index in [9.17, 15) is 23.1 Å². The third-order valence-electron chi connectivity index (χ3n) is 6.26. The molecule has 0 amide bonds. The number of ether oxygens (including phenoxy) is 1. The first kappa shape index (κ1) is 23.2. The maximum atomic E-state index is 14.1. The van der Waals surface area contributed by atoms with Gasteiger partial charge in [0.25, 0.3) is 0 Å². The fraction of sp³-hybridized carbons (Fsp3) is 0.400. The van der Waals surface area contributed by atoms with E-state index in [4.69, 9.17) is 4.74 Å². The van der Waals surface area contributed by atoms with E-state index < -0.39 is 30.2 Å². The van der Waals surface area contributed by atoms with Gasteiger partial charge >= 0.3 is 6.18 Å². The van der Waals surface area contributed by atoms with Gasteiger partial charge in [-0.25, -0.2) is 0 Å². The zero-order chi connectivity index (χ0) is 24.0. The zero-order valence-corrected chi connectivity index (χ0v) is 18.8. The van der Waals surface area contributed by atoms with E-state index >= 15 is 0 Å². The lowest BCUT2D eigenvalue weighted by Gasteiger charge is -2.38. The van der Waals surface area contributed by atoms with Crippen LogP contribution < -0.4 is 15.5 Å². The number of aromatic nitrogens is 1. The first-order chi connectivity index (χ1) is 15.4. The van der Waals surface area contributed by atoms with E-state index in [0.29, 0.717) is 40.9 Å². The van der Waals surface area contributed by atoms with Crippen LogP contribution in [0.25, 0.3) is 10.9 Å². The van der Waals surface area contributed by atoms with Crippen molar-refractivity contribution in [2.75, 3.05) is 18.5 Å². The Bertz CT molecular complexity index is 1250. The number of pyridine rings is 1. The molecule has 1 aliphatic heterocycles. The Labute approximate surface area is 189 Å². The number of hydrogen-bond acceptors (Lipinski definition) is 4. The summed E-state index contributed by atoms with van der Waals surface area (Å²) in [5.74, 6) is 0.622. The van der Waals surface area contributed by atoms with E-state index in [0.717, 1.165) is 11.1 Å². The van der Waals surface area contributed by atoms with Crippen molar-refractivity contribution >= 4 is 16.6 Å². The highest BCUT2D eigenvalue weighted by atomic mass is 19.4. The van der Waals surface area contributed by atoms with Crippen molar-refractivity contribution in [1.29, 1.82) is 0 Å². The smallest absolute Gasteiger partial charge is 0.418 e. The number of anilines is 1. The Hall–Kier alpha value is -3.00. The second-order valence-corrected chi connectivity index (χ2v) is 9.45. The van der Waals surface area contributed by atoms with Crippen LogP contribution in [-0.2, 0) is 11.8 Å². The van der Waals surface area contributed by atoms with Gasteiger partial charge in [-0.1, -0.05) is 31.5 Å². The summed E-state index contributed by atoms with van der Waals surface area (Å²) in [5.41, 5.74) is -0.794. The van der Waals surface area contributed by atoms with Crippen LogP contribution in [0.15, 0.2) is 47.4 Å². The summed E-state index contributed by atoms with van der Waals surface area (Å²) in [5, 5.41) is 13.9. The van der Waals surface area contributed by atoms with Gasteiger partial charge in [0.2, 0.25) is 0 Å². The van der Waals surface area contributed by atoms with Gasteiger partial charge in [-0.2, -0.15) is 13.2 Å². The lowest BCUT2D eigenvalue weighted by atomic mass is 9.73. The molecule has 176 valence electrons. The molecular formula is C25H27F3N2O3. The van der Waals surface area contributed by atoms with Crippen molar-refractivity contribution in [3.63, 3.8) is 0 Å². The minimum atomic E-state index is -4.88. The Morgan fingerprint density at radius 1 is 1.15 bits per heavy atom. The molecule has 0 saturated heterocycles. The molecule has 5 nitrogen and oxygen atoms in total. The molecule has 3 N–H and O–H groups in total. The van der Waals surface area contributed by atoms with E-state index in [2.05, 4.69) is 10.3 Å². The normalized spacial score (nSPS) is 15.7. The summed E-state index contributed by atoms with van der Waals surface area (Å²) < 4.78 is 48.2. The second kappa shape index (κ2) is 8.09. The van der Waals surface area contributed by atoms with Crippen LogP contribution in [0.4, 0.5) is 18.9 Å². The third kappa shape index (κ3) is 4.44. The number of H-pyrrole nitrogens is 1. The third-order valence-corrected chi connectivity index (χ3v) is 6.26. The van der Waals surface area contributed by atoms with Gasteiger partial charge in [0.15, 0.2) is 11.0 Å². The van der Waals surface area contributed by atoms with Crippen molar-refractivity contribution in [3.05, 3.63) is 69.5 Å². The molecule has 0 fully saturated rings. The maximum absolute atomic E-state index is 14.1. The molecule has 0 saturated carbocycles. The fourth-order valence-electron chi connectivity index (χ4n) is 4.59. The van der Waals surface area contributed by atoms with Crippen LogP contribution in [0.1, 0.15) is 37.0 Å². The summed E-state index contributed by atoms with van der Waals surface area (Å²) in [7, 11) is 0. The number of hydrogen-bond donors (Lipinski definition) is 3. The fourth-order valence-corrected chi connectivity index (χ4v) is 4.59. The average molecular weight is 460 g/mol. The first-order valence-corrected chi connectivity index (χ1v) is 10.8. The Morgan fingerprint density at radius 3 is 2.64 bits per heavy atom. The number of nitrogens with one attached hydrogen (secondary N) is 2. The number of aryl methyl sites for hydroxylation is 1. The second-order valence-electron chi connectivity index (χ2n) is 9.45. The largest absolute Gasteiger partial charge is 0.493 e. The number of rotatable bonds is 6. The van der Waals surface area contributed by atoms with Crippen molar-refractivity contribution in [3.8, 4) is 5.75 Å². The van der Waals surface area contributed by atoms with Crippen LogP contribution in [-0.4, -0.2) is 35.0 Å². The van der Waals surface area contributed by atoms with Crippen molar-refractivity contribution < 1.29 is 23.0 Å². The molecule has 2 heterocycles.